The first-order valence-electron chi connectivity index (χ1n) is 8.29. The molecule has 1 aromatic carbocycles. The molecule has 1 saturated heterocycles. The number of nitro groups is 1. The van der Waals surface area contributed by atoms with Gasteiger partial charge in [0.2, 0.25) is 5.91 Å². The van der Waals surface area contributed by atoms with E-state index in [1.54, 1.807) is 20.0 Å². The molecule has 0 spiro atoms. The molecule has 0 aromatic heterocycles. The number of hydrogen-bond donors (Lipinski definition) is 1. The van der Waals surface area contributed by atoms with E-state index in [9.17, 15) is 14.9 Å². The number of nitrogens with zero attached hydrogens (tertiary/aromatic N) is 3. The molecule has 0 aliphatic carbocycles. The van der Waals surface area contributed by atoms with Crippen molar-refractivity contribution in [2.75, 3.05) is 45.2 Å². The highest BCUT2D eigenvalue weighted by Gasteiger charge is 2.22. The summed E-state index contributed by atoms with van der Waals surface area (Å²) in [7, 11) is 3.69. The van der Waals surface area contributed by atoms with Gasteiger partial charge in [-0.15, -0.1) is 0 Å². The van der Waals surface area contributed by atoms with Crippen molar-refractivity contribution >= 4 is 17.3 Å². The summed E-state index contributed by atoms with van der Waals surface area (Å²) in [6, 6.07) is 5.26. The number of nitro benzene ring substituents is 1. The Labute approximate surface area is 142 Å². The fourth-order valence-corrected chi connectivity index (χ4v) is 3.18. The minimum absolute atomic E-state index is 0.0620. The van der Waals surface area contributed by atoms with Crippen molar-refractivity contribution in [3.63, 3.8) is 0 Å². The number of carbonyl (C=O) groups excluding carboxylic acids is 1. The van der Waals surface area contributed by atoms with Crippen LogP contribution in [0.4, 0.5) is 11.4 Å². The molecule has 1 heterocycles. The number of likely N-dealkylation sites (tertiary alicyclic amines) is 1. The zero-order chi connectivity index (χ0) is 17.7. The smallest absolute Gasteiger partial charge is 0.272 e. The Kier molecular flexibility index (Phi) is 6.14. The van der Waals surface area contributed by atoms with E-state index >= 15 is 0 Å². The molecule has 2 rings (SSSR count). The maximum Gasteiger partial charge on any atom is 0.272 e. The summed E-state index contributed by atoms with van der Waals surface area (Å²) >= 11 is 0. The van der Waals surface area contributed by atoms with Gasteiger partial charge in [-0.2, -0.15) is 0 Å². The number of likely N-dealkylation sites (N-methyl/N-ethyl adjacent to an activating group) is 1. The molecule has 0 saturated carbocycles. The van der Waals surface area contributed by atoms with Gasteiger partial charge in [-0.05, 0) is 50.9 Å². The van der Waals surface area contributed by atoms with E-state index in [2.05, 4.69) is 15.1 Å². The Morgan fingerprint density at radius 3 is 2.62 bits per heavy atom. The van der Waals surface area contributed by atoms with E-state index in [1.165, 1.54) is 0 Å². The highest BCUT2D eigenvalue weighted by atomic mass is 16.6. The number of nitrogens with one attached hydrogen (secondary N) is 1. The highest BCUT2D eigenvalue weighted by molar-refractivity contribution is 5.77. The molecule has 132 valence electrons. The topological polar surface area (TPSA) is 78.7 Å². The van der Waals surface area contributed by atoms with Crippen LogP contribution in [0.15, 0.2) is 18.2 Å². The third-order valence-corrected chi connectivity index (χ3v) is 4.70. The molecule has 0 bridgehead atoms. The first-order chi connectivity index (χ1) is 11.4. The van der Waals surface area contributed by atoms with Crippen LogP contribution in [-0.4, -0.2) is 56.0 Å². The summed E-state index contributed by atoms with van der Waals surface area (Å²) in [5, 5.41) is 13.6. The fraction of sp³-hybridized carbons (Fsp3) is 0.588. The molecular formula is C17H26N4O3. The third kappa shape index (κ3) is 4.67. The lowest BCUT2D eigenvalue weighted by Gasteiger charge is -2.34. The summed E-state index contributed by atoms with van der Waals surface area (Å²) in [6.45, 7) is 5.04. The van der Waals surface area contributed by atoms with Crippen LogP contribution in [0, 0.1) is 23.0 Å². The normalized spacial score (nSPS) is 16.0. The molecule has 0 atom stereocenters. The predicted molar refractivity (Wildman–Crippen MR) is 94.3 cm³/mol. The van der Waals surface area contributed by atoms with Crippen molar-refractivity contribution in [1.29, 1.82) is 0 Å². The molecule has 0 radical (unpaired) electrons. The number of anilines is 1. The fourth-order valence-electron chi connectivity index (χ4n) is 3.18. The zero-order valence-electron chi connectivity index (χ0n) is 14.6. The van der Waals surface area contributed by atoms with Crippen LogP contribution in [-0.2, 0) is 4.79 Å². The Balaban J connectivity index is 1.87. The minimum Gasteiger partial charge on any atom is -0.374 e. The van der Waals surface area contributed by atoms with E-state index in [1.807, 2.05) is 19.2 Å². The zero-order valence-corrected chi connectivity index (χ0v) is 14.6. The maximum atomic E-state index is 11.4. The molecule has 1 amide bonds. The summed E-state index contributed by atoms with van der Waals surface area (Å²) in [5.74, 6) is 0.637. The Morgan fingerprint density at radius 2 is 2.08 bits per heavy atom. The Bertz CT molecular complexity index is 597. The van der Waals surface area contributed by atoms with Gasteiger partial charge in [-0.3, -0.25) is 19.8 Å². The van der Waals surface area contributed by atoms with Crippen LogP contribution in [0.1, 0.15) is 18.4 Å². The molecule has 24 heavy (non-hydrogen) atoms. The van der Waals surface area contributed by atoms with Gasteiger partial charge in [-0.25, -0.2) is 0 Å². The second kappa shape index (κ2) is 8.10. The van der Waals surface area contributed by atoms with Crippen LogP contribution >= 0.6 is 0 Å². The summed E-state index contributed by atoms with van der Waals surface area (Å²) in [4.78, 5) is 26.3. The van der Waals surface area contributed by atoms with Crippen molar-refractivity contribution < 1.29 is 9.72 Å². The number of aryl methyl sites for hydroxylation is 1. The van der Waals surface area contributed by atoms with Crippen molar-refractivity contribution in [2.45, 2.75) is 19.8 Å². The lowest BCUT2D eigenvalue weighted by atomic mass is 9.96. The molecule has 1 fully saturated rings. The van der Waals surface area contributed by atoms with E-state index < -0.39 is 0 Å². The average molecular weight is 334 g/mol. The lowest BCUT2D eigenvalue weighted by molar-refractivity contribution is -0.385. The maximum absolute atomic E-state index is 11.4. The van der Waals surface area contributed by atoms with Gasteiger partial charge >= 0.3 is 0 Å². The van der Waals surface area contributed by atoms with Gasteiger partial charge in [0, 0.05) is 38.0 Å². The Hall–Kier alpha value is -2.15. The lowest BCUT2D eigenvalue weighted by Crippen LogP contribution is -2.42. The van der Waals surface area contributed by atoms with Crippen LogP contribution in [0.25, 0.3) is 0 Å². The molecule has 1 aliphatic heterocycles. The predicted octanol–water partition coefficient (Wildman–Crippen LogP) is 1.80. The average Bonchev–Trinajstić information content (AvgIpc) is 2.56. The number of piperidine rings is 1. The molecule has 1 aromatic rings. The third-order valence-electron chi connectivity index (χ3n) is 4.70. The van der Waals surface area contributed by atoms with Crippen molar-refractivity contribution in [2.24, 2.45) is 5.92 Å². The van der Waals surface area contributed by atoms with Gasteiger partial charge in [0.25, 0.3) is 5.69 Å². The van der Waals surface area contributed by atoms with Crippen molar-refractivity contribution in [3.8, 4) is 0 Å². The number of hydrogen-bond acceptors (Lipinski definition) is 5. The van der Waals surface area contributed by atoms with E-state index in [0.717, 1.165) is 38.2 Å². The minimum atomic E-state index is -0.346. The highest BCUT2D eigenvalue weighted by Crippen LogP contribution is 2.26. The van der Waals surface area contributed by atoms with E-state index in [-0.39, 0.29) is 16.5 Å². The standard InChI is InChI=1S/C17H26N4O3/c1-13-10-15(4-5-16(13)21(23)24)19(3)11-14-6-8-20(9-7-14)12-17(22)18-2/h4-5,10,14H,6-9,11-12H2,1-3H3,(H,18,22). The molecule has 0 unspecified atom stereocenters. The number of amides is 1. The van der Waals surface area contributed by atoms with Crippen molar-refractivity contribution in [1.82, 2.24) is 10.2 Å². The van der Waals surface area contributed by atoms with Gasteiger partial charge < -0.3 is 10.2 Å². The quantitative estimate of drug-likeness (QED) is 0.634. The molecular weight excluding hydrogens is 308 g/mol. The van der Waals surface area contributed by atoms with E-state index in [4.69, 9.17) is 0 Å². The van der Waals surface area contributed by atoms with Crippen molar-refractivity contribution in [3.05, 3.63) is 33.9 Å². The molecule has 7 nitrogen and oxygen atoms in total. The first kappa shape index (κ1) is 18.2. The summed E-state index contributed by atoms with van der Waals surface area (Å²) < 4.78 is 0. The van der Waals surface area contributed by atoms with Crippen LogP contribution < -0.4 is 10.2 Å². The number of benzene rings is 1. The van der Waals surface area contributed by atoms with Gasteiger partial charge in [0.1, 0.15) is 0 Å². The summed E-state index contributed by atoms with van der Waals surface area (Å²) in [5.41, 5.74) is 1.85. The van der Waals surface area contributed by atoms with E-state index in [0.29, 0.717) is 18.0 Å². The van der Waals surface area contributed by atoms with Crippen LogP contribution in [0.3, 0.4) is 0 Å². The molecule has 1 aliphatic rings. The SMILES string of the molecule is CNC(=O)CN1CCC(CN(C)c2ccc([N+](=O)[O-])c(C)c2)CC1. The number of rotatable bonds is 6. The second-order valence-electron chi connectivity index (χ2n) is 6.50. The monoisotopic (exact) mass is 334 g/mol. The largest absolute Gasteiger partial charge is 0.374 e. The van der Waals surface area contributed by atoms with Crippen LogP contribution in [0.5, 0.6) is 0 Å². The molecule has 7 heteroatoms. The van der Waals surface area contributed by atoms with Gasteiger partial charge in [0.05, 0.1) is 11.5 Å². The second-order valence-corrected chi connectivity index (χ2v) is 6.50. The molecule has 1 N–H and O–H groups in total. The number of carbonyl (C=O) groups is 1. The first-order valence-corrected chi connectivity index (χ1v) is 8.29. The van der Waals surface area contributed by atoms with Gasteiger partial charge in [-0.1, -0.05) is 0 Å². The Morgan fingerprint density at radius 1 is 1.42 bits per heavy atom. The van der Waals surface area contributed by atoms with Gasteiger partial charge in [0.15, 0.2) is 0 Å². The summed E-state index contributed by atoms with van der Waals surface area (Å²) in [6.07, 6.45) is 2.13. The van der Waals surface area contributed by atoms with Crippen LogP contribution in [0.2, 0.25) is 0 Å².